The molecule has 0 aliphatic heterocycles. The van der Waals surface area contributed by atoms with Gasteiger partial charge in [0, 0.05) is 0 Å². The van der Waals surface area contributed by atoms with Crippen LogP contribution in [0.15, 0.2) is 34.8 Å². The summed E-state index contributed by atoms with van der Waals surface area (Å²) < 4.78 is 27.2. The van der Waals surface area contributed by atoms with E-state index >= 15 is 0 Å². The normalized spacial score (nSPS) is 12.5. The van der Waals surface area contributed by atoms with Gasteiger partial charge in [0.15, 0.2) is 0 Å². The van der Waals surface area contributed by atoms with Crippen LogP contribution in [-0.2, 0) is 0 Å². The zero-order valence-corrected chi connectivity index (χ0v) is 12.8. The zero-order valence-electron chi connectivity index (χ0n) is 10.5. The molecular weight excluding hydrogens is 334 g/mol. The molecule has 0 aliphatic carbocycles. The van der Waals surface area contributed by atoms with Crippen LogP contribution in [0.5, 0.6) is 0 Å². The Labute approximate surface area is 124 Å². The minimum absolute atomic E-state index is 0.215. The molecule has 0 spiro atoms. The smallest absolute Gasteiger partial charge is 0.137 e. The van der Waals surface area contributed by atoms with Crippen LogP contribution >= 0.6 is 27.5 Å². The zero-order chi connectivity index (χ0) is 14.2. The van der Waals surface area contributed by atoms with E-state index in [0.717, 1.165) is 11.1 Å². The van der Waals surface area contributed by atoms with Crippen LogP contribution in [0.3, 0.4) is 0 Å². The van der Waals surface area contributed by atoms with Crippen molar-refractivity contribution in [3.8, 4) is 0 Å². The van der Waals surface area contributed by atoms with Crippen molar-refractivity contribution in [2.24, 2.45) is 0 Å². The van der Waals surface area contributed by atoms with Gasteiger partial charge in [-0.15, -0.1) is 11.6 Å². The Morgan fingerprint density at radius 3 is 2.11 bits per heavy atom. The number of aryl methyl sites for hydroxylation is 2. The van der Waals surface area contributed by atoms with E-state index < -0.39 is 5.38 Å². The van der Waals surface area contributed by atoms with Gasteiger partial charge in [0.1, 0.15) is 11.6 Å². The third-order valence-electron chi connectivity index (χ3n) is 2.99. The molecule has 0 saturated carbocycles. The molecule has 0 bridgehead atoms. The average Bonchev–Trinajstić information content (AvgIpc) is 2.37. The van der Waals surface area contributed by atoms with Gasteiger partial charge in [0.25, 0.3) is 0 Å². The molecule has 100 valence electrons. The average molecular weight is 346 g/mol. The van der Waals surface area contributed by atoms with Gasteiger partial charge in [-0.1, -0.05) is 18.2 Å². The molecule has 4 heteroatoms. The van der Waals surface area contributed by atoms with Crippen LogP contribution in [-0.4, -0.2) is 0 Å². The predicted octanol–water partition coefficient (Wildman–Crippen LogP) is 5.67. The van der Waals surface area contributed by atoms with Crippen LogP contribution in [0.25, 0.3) is 0 Å². The molecule has 1 atom stereocenters. The summed E-state index contributed by atoms with van der Waals surface area (Å²) in [5.74, 6) is -0.549. The standard InChI is InChI=1S/C15H12BrClF2/c1-8-5-11(6-9(2)15(8)19)14(17)10-3-4-13(18)12(16)7-10/h3-7,14H,1-2H3. The third kappa shape index (κ3) is 2.98. The number of hydrogen-bond donors (Lipinski definition) is 0. The van der Waals surface area contributed by atoms with Gasteiger partial charge < -0.3 is 0 Å². The van der Waals surface area contributed by atoms with Crippen LogP contribution in [0.1, 0.15) is 27.6 Å². The van der Waals surface area contributed by atoms with E-state index in [-0.39, 0.29) is 11.6 Å². The Bertz CT molecular complexity index is 603. The molecule has 2 aromatic carbocycles. The minimum Gasteiger partial charge on any atom is -0.206 e. The second-order valence-electron chi connectivity index (χ2n) is 4.50. The van der Waals surface area contributed by atoms with Crippen molar-refractivity contribution in [2.45, 2.75) is 19.2 Å². The van der Waals surface area contributed by atoms with Gasteiger partial charge in [0.2, 0.25) is 0 Å². The molecule has 0 heterocycles. The molecule has 0 nitrogen and oxygen atoms in total. The maximum atomic E-state index is 13.6. The molecule has 19 heavy (non-hydrogen) atoms. The first-order chi connectivity index (χ1) is 8.90. The highest BCUT2D eigenvalue weighted by Gasteiger charge is 2.15. The maximum absolute atomic E-state index is 13.6. The summed E-state index contributed by atoms with van der Waals surface area (Å²) >= 11 is 9.52. The SMILES string of the molecule is Cc1cc(C(Cl)c2ccc(F)c(Br)c2)cc(C)c1F. The van der Waals surface area contributed by atoms with Gasteiger partial charge in [0.05, 0.1) is 9.85 Å². The number of benzene rings is 2. The van der Waals surface area contributed by atoms with Crippen molar-refractivity contribution in [3.05, 3.63) is 68.7 Å². The van der Waals surface area contributed by atoms with Crippen molar-refractivity contribution in [1.29, 1.82) is 0 Å². The summed E-state index contributed by atoms with van der Waals surface area (Å²) in [5, 5.41) is -0.435. The van der Waals surface area contributed by atoms with Gasteiger partial charge in [-0.05, 0) is 64.2 Å². The monoisotopic (exact) mass is 344 g/mol. The Hall–Kier alpha value is -0.930. The van der Waals surface area contributed by atoms with Crippen LogP contribution in [0, 0.1) is 25.5 Å². The molecule has 2 rings (SSSR count). The summed E-state index contributed by atoms with van der Waals surface area (Å²) in [4.78, 5) is 0. The van der Waals surface area contributed by atoms with Gasteiger partial charge in [-0.25, -0.2) is 8.78 Å². The Morgan fingerprint density at radius 1 is 1.00 bits per heavy atom. The summed E-state index contributed by atoms with van der Waals surface area (Å²) in [7, 11) is 0. The summed E-state index contributed by atoms with van der Waals surface area (Å²) in [6.45, 7) is 3.41. The topological polar surface area (TPSA) is 0 Å². The fourth-order valence-electron chi connectivity index (χ4n) is 1.99. The molecule has 0 saturated heterocycles. The molecule has 0 radical (unpaired) electrons. The summed E-state index contributed by atoms with van der Waals surface area (Å²) in [6, 6.07) is 8.07. The summed E-state index contributed by atoms with van der Waals surface area (Å²) in [5.41, 5.74) is 2.68. The fraction of sp³-hybridized carbons (Fsp3) is 0.200. The lowest BCUT2D eigenvalue weighted by Gasteiger charge is -2.13. The summed E-state index contributed by atoms with van der Waals surface area (Å²) in [6.07, 6.45) is 0. The fourth-order valence-corrected chi connectivity index (χ4v) is 2.65. The van der Waals surface area contributed by atoms with E-state index in [0.29, 0.717) is 15.6 Å². The molecule has 2 aromatic rings. The first kappa shape index (κ1) is 14.5. The van der Waals surface area contributed by atoms with E-state index in [2.05, 4.69) is 15.9 Å². The molecule has 0 amide bonds. The van der Waals surface area contributed by atoms with Gasteiger partial charge >= 0.3 is 0 Å². The van der Waals surface area contributed by atoms with E-state index in [1.54, 1.807) is 38.1 Å². The highest BCUT2D eigenvalue weighted by Crippen LogP contribution is 2.32. The molecule has 0 fully saturated rings. The van der Waals surface area contributed by atoms with Crippen LogP contribution in [0.2, 0.25) is 0 Å². The van der Waals surface area contributed by atoms with E-state index in [1.807, 2.05) is 0 Å². The number of alkyl halides is 1. The van der Waals surface area contributed by atoms with Gasteiger partial charge in [-0.3, -0.25) is 0 Å². The molecular formula is C15H12BrClF2. The van der Waals surface area contributed by atoms with Crippen molar-refractivity contribution >= 4 is 27.5 Å². The highest BCUT2D eigenvalue weighted by molar-refractivity contribution is 9.10. The molecule has 1 unspecified atom stereocenters. The molecule has 0 aromatic heterocycles. The van der Waals surface area contributed by atoms with E-state index in [9.17, 15) is 8.78 Å². The minimum atomic E-state index is -0.435. The predicted molar refractivity (Wildman–Crippen MR) is 77.7 cm³/mol. The Kier molecular flexibility index (Phi) is 4.26. The second-order valence-corrected chi connectivity index (χ2v) is 5.80. The lowest BCUT2D eigenvalue weighted by molar-refractivity contribution is 0.608. The number of hydrogen-bond acceptors (Lipinski definition) is 0. The Morgan fingerprint density at radius 2 is 1.58 bits per heavy atom. The van der Waals surface area contributed by atoms with Crippen molar-refractivity contribution in [1.82, 2.24) is 0 Å². The second kappa shape index (κ2) is 5.59. The maximum Gasteiger partial charge on any atom is 0.137 e. The van der Waals surface area contributed by atoms with Crippen molar-refractivity contribution in [2.75, 3.05) is 0 Å². The first-order valence-electron chi connectivity index (χ1n) is 5.76. The number of halogens is 4. The largest absolute Gasteiger partial charge is 0.206 e. The van der Waals surface area contributed by atoms with Crippen LogP contribution in [0.4, 0.5) is 8.78 Å². The van der Waals surface area contributed by atoms with Crippen molar-refractivity contribution in [3.63, 3.8) is 0 Å². The Balaban J connectivity index is 2.43. The molecule has 0 aliphatic rings. The van der Waals surface area contributed by atoms with Crippen molar-refractivity contribution < 1.29 is 8.78 Å². The molecule has 0 N–H and O–H groups in total. The first-order valence-corrected chi connectivity index (χ1v) is 6.98. The third-order valence-corrected chi connectivity index (χ3v) is 4.10. The number of rotatable bonds is 2. The quantitative estimate of drug-likeness (QED) is 0.615. The van der Waals surface area contributed by atoms with E-state index in [4.69, 9.17) is 11.6 Å². The van der Waals surface area contributed by atoms with E-state index in [1.165, 1.54) is 6.07 Å². The lowest BCUT2D eigenvalue weighted by Crippen LogP contribution is -1.98. The van der Waals surface area contributed by atoms with Gasteiger partial charge in [-0.2, -0.15) is 0 Å². The highest BCUT2D eigenvalue weighted by atomic mass is 79.9. The lowest BCUT2D eigenvalue weighted by atomic mass is 10.00. The van der Waals surface area contributed by atoms with Crippen LogP contribution < -0.4 is 0 Å².